The van der Waals surface area contributed by atoms with Crippen LogP contribution < -0.4 is 10.1 Å². The zero-order valence-electron chi connectivity index (χ0n) is 13.2. The lowest BCUT2D eigenvalue weighted by atomic mass is 10.2. The van der Waals surface area contributed by atoms with Crippen LogP contribution in [0.5, 0.6) is 5.75 Å². The Labute approximate surface area is 143 Å². The fraction of sp³-hybridized carbons (Fsp3) is 0.353. The Bertz CT molecular complexity index is 703. The van der Waals surface area contributed by atoms with E-state index in [1.54, 1.807) is 12.1 Å². The number of rotatable bonds is 4. The minimum absolute atomic E-state index is 0.0397. The number of piperazine rings is 1. The van der Waals surface area contributed by atoms with Gasteiger partial charge in [-0.05, 0) is 48.9 Å². The van der Waals surface area contributed by atoms with Gasteiger partial charge in [-0.1, -0.05) is 0 Å². The lowest BCUT2D eigenvalue weighted by Crippen LogP contribution is -2.52. The number of ether oxygens (including phenoxy) is 1. The fourth-order valence-corrected chi connectivity index (χ4v) is 3.66. The maximum absolute atomic E-state index is 12.6. The molecule has 1 aromatic heterocycles. The van der Waals surface area contributed by atoms with Crippen molar-refractivity contribution in [2.45, 2.75) is 19.6 Å². The van der Waals surface area contributed by atoms with Crippen LogP contribution in [0.2, 0.25) is 0 Å². The van der Waals surface area contributed by atoms with Gasteiger partial charge in [0.2, 0.25) is 0 Å². The molecule has 1 amide bonds. The van der Waals surface area contributed by atoms with E-state index in [1.165, 1.54) is 23.5 Å². The average Bonchev–Trinajstić information content (AvgIpc) is 3.05. The van der Waals surface area contributed by atoms with Crippen molar-refractivity contribution in [1.29, 1.82) is 0 Å². The molecule has 24 heavy (non-hydrogen) atoms. The van der Waals surface area contributed by atoms with E-state index in [9.17, 15) is 13.6 Å². The molecule has 3 rings (SSSR count). The lowest BCUT2D eigenvalue weighted by Gasteiger charge is -2.33. The zero-order valence-corrected chi connectivity index (χ0v) is 14.0. The van der Waals surface area contributed by atoms with E-state index in [0.29, 0.717) is 11.4 Å². The zero-order chi connectivity index (χ0) is 17.1. The first-order valence-corrected chi connectivity index (χ1v) is 8.53. The fourth-order valence-electron chi connectivity index (χ4n) is 2.69. The van der Waals surface area contributed by atoms with Gasteiger partial charge in [-0.2, -0.15) is 8.78 Å². The second-order valence-electron chi connectivity index (χ2n) is 5.62. The summed E-state index contributed by atoms with van der Waals surface area (Å²) in [5.74, 6) is 0.161. The van der Waals surface area contributed by atoms with E-state index in [0.717, 1.165) is 23.5 Å². The van der Waals surface area contributed by atoms with E-state index < -0.39 is 6.61 Å². The van der Waals surface area contributed by atoms with Crippen molar-refractivity contribution in [2.75, 3.05) is 19.6 Å². The maximum Gasteiger partial charge on any atom is 0.387 e. The Morgan fingerprint density at radius 3 is 2.71 bits per heavy atom. The maximum atomic E-state index is 12.6. The number of benzene rings is 1. The van der Waals surface area contributed by atoms with Gasteiger partial charge in [-0.3, -0.25) is 4.79 Å². The normalized spacial score (nSPS) is 18.0. The van der Waals surface area contributed by atoms with Gasteiger partial charge in [0.15, 0.2) is 0 Å². The molecule has 0 saturated carbocycles. The monoisotopic (exact) mass is 352 g/mol. The Hall–Kier alpha value is -1.99. The predicted octanol–water partition coefficient (Wildman–Crippen LogP) is 3.45. The van der Waals surface area contributed by atoms with Crippen molar-refractivity contribution in [3.8, 4) is 16.2 Å². The van der Waals surface area contributed by atoms with Gasteiger partial charge in [-0.25, -0.2) is 0 Å². The molecule has 1 unspecified atom stereocenters. The summed E-state index contributed by atoms with van der Waals surface area (Å²) in [4.78, 5) is 16.1. The minimum atomic E-state index is -2.83. The molecule has 1 atom stereocenters. The van der Waals surface area contributed by atoms with Crippen LogP contribution in [0.15, 0.2) is 36.4 Å². The number of carbonyl (C=O) groups is 1. The number of thiophene rings is 1. The second-order valence-corrected chi connectivity index (χ2v) is 6.70. The molecular formula is C17H18F2N2O2S. The highest BCUT2D eigenvalue weighted by atomic mass is 32.1. The van der Waals surface area contributed by atoms with Gasteiger partial charge in [0.05, 0.1) is 4.88 Å². The number of hydrogen-bond donors (Lipinski definition) is 1. The summed E-state index contributed by atoms with van der Waals surface area (Å²) in [7, 11) is 0. The summed E-state index contributed by atoms with van der Waals surface area (Å²) in [6.45, 7) is 1.51. The van der Waals surface area contributed by atoms with Gasteiger partial charge >= 0.3 is 6.61 Å². The Morgan fingerprint density at radius 1 is 1.29 bits per heavy atom. The third-order valence-corrected chi connectivity index (χ3v) is 5.07. The molecule has 1 aliphatic rings. The highest BCUT2D eigenvalue weighted by molar-refractivity contribution is 7.17. The number of halogens is 2. The van der Waals surface area contributed by atoms with Crippen molar-refractivity contribution in [3.05, 3.63) is 41.3 Å². The van der Waals surface area contributed by atoms with E-state index in [4.69, 9.17) is 0 Å². The molecule has 0 aliphatic carbocycles. The number of alkyl halides is 2. The summed E-state index contributed by atoms with van der Waals surface area (Å²) >= 11 is 1.41. The first-order chi connectivity index (χ1) is 11.5. The van der Waals surface area contributed by atoms with Gasteiger partial charge in [0, 0.05) is 30.6 Å². The number of hydrogen-bond acceptors (Lipinski definition) is 4. The standard InChI is InChI=1S/C17H18F2N2O2S/c1-11-10-20-8-9-21(11)16(22)15-7-6-14(24-15)12-2-4-13(5-3-12)23-17(18)19/h2-7,11,17,20H,8-10H2,1H3. The number of nitrogens with one attached hydrogen (secondary N) is 1. The van der Waals surface area contributed by atoms with Crippen molar-refractivity contribution in [2.24, 2.45) is 0 Å². The second kappa shape index (κ2) is 7.27. The molecule has 128 valence electrons. The quantitative estimate of drug-likeness (QED) is 0.916. The van der Waals surface area contributed by atoms with Crippen molar-refractivity contribution in [1.82, 2.24) is 10.2 Å². The summed E-state index contributed by atoms with van der Waals surface area (Å²) in [6.07, 6.45) is 0. The smallest absolute Gasteiger partial charge is 0.387 e. The molecule has 0 spiro atoms. The molecule has 1 fully saturated rings. The van der Waals surface area contributed by atoms with Crippen LogP contribution in [-0.4, -0.2) is 43.1 Å². The molecule has 0 radical (unpaired) electrons. The third-order valence-electron chi connectivity index (χ3n) is 3.94. The first-order valence-electron chi connectivity index (χ1n) is 7.71. The van der Waals surface area contributed by atoms with Crippen LogP contribution in [0.25, 0.3) is 10.4 Å². The van der Waals surface area contributed by atoms with Gasteiger partial charge < -0.3 is 15.0 Å². The number of amides is 1. The average molecular weight is 352 g/mol. The van der Waals surface area contributed by atoms with Crippen LogP contribution >= 0.6 is 11.3 Å². The van der Waals surface area contributed by atoms with Crippen LogP contribution in [0, 0.1) is 0 Å². The predicted molar refractivity (Wildman–Crippen MR) is 89.8 cm³/mol. The molecule has 2 aromatic rings. The van der Waals surface area contributed by atoms with Crippen LogP contribution in [0.3, 0.4) is 0 Å². The highest BCUT2D eigenvalue weighted by Crippen LogP contribution is 2.30. The third kappa shape index (κ3) is 3.73. The largest absolute Gasteiger partial charge is 0.435 e. The molecule has 7 heteroatoms. The summed E-state index contributed by atoms with van der Waals surface area (Å²) < 4.78 is 28.7. The Kier molecular flexibility index (Phi) is 5.11. The van der Waals surface area contributed by atoms with Gasteiger partial charge in [0.25, 0.3) is 5.91 Å². The van der Waals surface area contributed by atoms with E-state index in [2.05, 4.69) is 10.1 Å². The lowest BCUT2D eigenvalue weighted by molar-refractivity contribution is -0.0498. The summed E-state index contributed by atoms with van der Waals surface area (Å²) in [6, 6.07) is 10.3. The highest BCUT2D eigenvalue weighted by Gasteiger charge is 2.25. The van der Waals surface area contributed by atoms with Gasteiger partial charge in [-0.15, -0.1) is 11.3 Å². The number of nitrogens with zero attached hydrogens (tertiary/aromatic N) is 1. The molecule has 1 saturated heterocycles. The molecule has 0 bridgehead atoms. The minimum Gasteiger partial charge on any atom is -0.435 e. The summed E-state index contributed by atoms with van der Waals surface area (Å²) in [5.41, 5.74) is 0.869. The van der Waals surface area contributed by atoms with Crippen LogP contribution in [-0.2, 0) is 0 Å². The van der Waals surface area contributed by atoms with E-state index >= 15 is 0 Å². The molecular weight excluding hydrogens is 334 g/mol. The Balaban J connectivity index is 1.74. The first kappa shape index (κ1) is 16.9. The van der Waals surface area contributed by atoms with E-state index in [-0.39, 0.29) is 17.7 Å². The van der Waals surface area contributed by atoms with Crippen molar-refractivity contribution >= 4 is 17.2 Å². The van der Waals surface area contributed by atoms with Crippen molar-refractivity contribution in [3.63, 3.8) is 0 Å². The van der Waals surface area contributed by atoms with Gasteiger partial charge in [0.1, 0.15) is 5.75 Å². The van der Waals surface area contributed by atoms with E-state index in [1.807, 2.05) is 24.0 Å². The molecule has 1 aromatic carbocycles. The molecule has 1 aliphatic heterocycles. The Morgan fingerprint density at radius 2 is 2.04 bits per heavy atom. The topological polar surface area (TPSA) is 41.6 Å². The van der Waals surface area contributed by atoms with Crippen LogP contribution in [0.1, 0.15) is 16.6 Å². The molecule has 1 N–H and O–H groups in total. The number of carbonyl (C=O) groups excluding carboxylic acids is 1. The SMILES string of the molecule is CC1CNCCN1C(=O)c1ccc(-c2ccc(OC(F)F)cc2)s1. The summed E-state index contributed by atoms with van der Waals surface area (Å²) in [5, 5.41) is 3.26. The molecule has 2 heterocycles. The molecule has 4 nitrogen and oxygen atoms in total. The van der Waals surface area contributed by atoms with Crippen molar-refractivity contribution < 1.29 is 18.3 Å². The van der Waals surface area contributed by atoms with Crippen LogP contribution in [0.4, 0.5) is 8.78 Å².